The number of nitrogens with zero attached hydrogens (tertiary/aromatic N) is 2. The van der Waals surface area contributed by atoms with Crippen molar-refractivity contribution in [1.29, 1.82) is 0 Å². The number of hydrogen-bond acceptors (Lipinski definition) is 2. The molecule has 0 bridgehead atoms. The standard InChI is InChI=1S/C23H30FN3O.ClH/c1-2-6-22(20-9-11-21(24)12-10-20)26-15-17-27(18-16-26)23(28)25-14-13-19-7-4-3-5-8-19;/h3-5,7-12,22H,2,6,13-18H2,1H3,(H,25,28);1H. The molecule has 0 radical (unpaired) electrons. The van der Waals surface area contributed by atoms with E-state index >= 15 is 0 Å². The van der Waals surface area contributed by atoms with Gasteiger partial charge in [0.1, 0.15) is 5.82 Å². The van der Waals surface area contributed by atoms with Gasteiger partial charge in [0.05, 0.1) is 0 Å². The van der Waals surface area contributed by atoms with Crippen LogP contribution in [-0.2, 0) is 6.42 Å². The molecule has 0 aliphatic carbocycles. The summed E-state index contributed by atoms with van der Waals surface area (Å²) in [6.07, 6.45) is 2.95. The van der Waals surface area contributed by atoms with Gasteiger partial charge in [0.25, 0.3) is 0 Å². The Kier molecular flexibility index (Phi) is 9.42. The summed E-state index contributed by atoms with van der Waals surface area (Å²) in [5.41, 5.74) is 2.39. The van der Waals surface area contributed by atoms with Gasteiger partial charge >= 0.3 is 6.03 Å². The number of carbonyl (C=O) groups excluding carboxylic acids is 1. The highest BCUT2D eigenvalue weighted by Gasteiger charge is 2.26. The van der Waals surface area contributed by atoms with Crippen molar-refractivity contribution in [2.45, 2.75) is 32.2 Å². The lowest BCUT2D eigenvalue weighted by molar-refractivity contribution is 0.103. The Hall–Kier alpha value is -2.11. The molecule has 6 heteroatoms. The SMILES string of the molecule is CCCC(c1ccc(F)cc1)N1CCN(C(=O)NCCc2ccccc2)CC1.Cl. The van der Waals surface area contributed by atoms with Crippen LogP contribution in [0.4, 0.5) is 9.18 Å². The molecule has 2 aromatic rings. The molecule has 29 heavy (non-hydrogen) atoms. The highest BCUT2D eigenvalue weighted by Crippen LogP contribution is 2.27. The van der Waals surface area contributed by atoms with Gasteiger partial charge in [0, 0.05) is 38.8 Å². The number of carbonyl (C=O) groups is 1. The molecule has 1 aliphatic rings. The van der Waals surface area contributed by atoms with Crippen LogP contribution in [0.15, 0.2) is 54.6 Å². The van der Waals surface area contributed by atoms with Crippen LogP contribution in [0.25, 0.3) is 0 Å². The number of nitrogens with one attached hydrogen (secondary N) is 1. The Bertz CT molecular complexity index is 734. The lowest BCUT2D eigenvalue weighted by Gasteiger charge is -2.39. The molecular formula is C23H31ClFN3O. The fourth-order valence-electron chi connectivity index (χ4n) is 3.83. The Morgan fingerprint density at radius 1 is 1.03 bits per heavy atom. The Balaban J connectivity index is 0.00000300. The van der Waals surface area contributed by atoms with E-state index in [-0.39, 0.29) is 30.3 Å². The minimum Gasteiger partial charge on any atom is -0.338 e. The first kappa shape index (κ1) is 23.2. The van der Waals surface area contributed by atoms with Crippen LogP contribution in [0.5, 0.6) is 0 Å². The zero-order valence-electron chi connectivity index (χ0n) is 17.0. The zero-order chi connectivity index (χ0) is 19.8. The lowest BCUT2D eigenvalue weighted by Crippen LogP contribution is -2.52. The first-order chi connectivity index (χ1) is 13.7. The van der Waals surface area contributed by atoms with E-state index in [0.717, 1.165) is 51.0 Å². The van der Waals surface area contributed by atoms with Crippen molar-refractivity contribution in [1.82, 2.24) is 15.1 Å². The maximum absolute atomic E-state index is 13.3. The third-order valence-electron chi connectivity index (χ3n) is 5.39. The molecule has 1 saturated heterocycles. The normalized spacial score (nSPS) is 15.4. The second-order valence-corrected chi connectivity index (χ2v) is 7.35. The Labute approximate surface area is 179 Å². The quantitative estimate of drug-likeness (QED) is 0.708. The fraction of sp³-hybridized carbons (Fsp3) is 0.435. The monoisotopic (exact) mass is 419 g/mol. The molecule has 4 nitrogen and oxygen atoms in total. The molecule has 1 fully saturated rings. The number of rotatable bonds is 7. The van der Waals surface area contributed by atoms with E-state index in [2.05, 4.69) is 29.3 Å². The molecule has 1 unspecified atom stereocenters. The van der Waals surface area contributed by atoms with Gasteiger partial charge in [-0.15, -0.1) is 12.4 Å². The van der Waals surface area contributed by atoms with Gasteiger partial charge in [-0.3, -0.25) is 4.90 Å². The second-order valence-electron chi connectivity index (χ2n) is 7.35. The molecule has 1 heterocycles. The fourth-order valence-corrected chi connectivity index (χ4v) is 3.83. The third kappa shape index (κ3) is 6.72. The van der Waals surface area contributed by atoms with Crippen molar-refractivity contribution >= 4 is 18.4 Å². The predicted molar refractivity (Wildman–Crippen MR) is 118 cm³/mol. The maximum Gasteiger partial charge on any atom is 0.317 e. The molecule has 1 atom stereocenters. The van der Waals surface area contributed by atoms with Crippen LogP contribution >= 0.6 is 12.4 Å². The third-order valence-corrected chi connectivity index (χ3v) is 5.39. The summed E-state index contributed by atoms with van der Waals surface area (Å²) in [7, 11) is 0. The van der Waals surface area contributed by atoms with E-state index in [0.29, 0.717) is 6.54 Å². The molecule has 1 aliphatic heterocycles. The number of piperazine rings is 1. The molecule has 2 aromatic carbocycles. The minimum absolute atomic E-state index is 0. The summed E-state index contributed by atoms with van der Waals surface area (Å²) in [6, 6.07) is 17.3. The van der Waals surface area contributed by atoms with Gasteiger partial charge in [-0.05, 0) is 36.1 Å². The van der Waals surface area contributed by atoms with Crippen molar-refractivity contribution in [3.63, 3.8) is 0 Å². The molecule has 158 valence electrons. The van der Waals surface area contributed by atoms with Gasteiger partial charge in [0.2, 0.25) is 0 Å². The van der Waals surface area contributed by atoms with E-state index in [1.54, 1.807) is 0 Å². The van der Waals surface area contributed by atoms with Gasteiger partial charge in [-0.25, -0.2) is 9.18 Å². The molecule has 0 spiro atoms. The zero-order valence-corrected chi connectivity index (χ0v) is 17.8. The van der Waals surface area contributed by atoms with E-state index in [1.807, 2.05) is 35.2 Å². The van der Waals surface area contributed by atoms with Crippen LogP contribution < -0.4 is 5.32 Å². The van der Waals surface area contributed by atoms with Crippen LogP contribution in [0, 0.1) is 5.82 Å². The summed E-state index contributed by atoms with van der Waals surface area (Å²) in [6.45, 7) is 5.95. The number of urea groups is 1. The first-order valence-electron chi connectivity index (χ1n) is 10.2. The highest BCUT2D eigenvalue weighted by molar-refractivity contribution is 5.85. The summed E-state index contributed by atoms with van der Waals surface area (Å²) >= 11 is 0. The van der Waals surface area contributed by atoms with Crippen LogP contribution in [-0.4, -0.2) is 48.6 Å². The van der Waals surface area contributed by atoms with Crippen molar-refractivity contribution in [2.75, 3.05) is 32.7 Å². The van der Waals surface area contributed by atoms with E-state index in [9.17, 15) is 9.18 Å². The Morgan fingerprint density at radius 2 is 1.69 bits per heavy atom. The van der Waals surface area contributed by atoms with Crippen molar-refractivity contribution in [3.05, 3.63) is 71.5 Å². The molecule has 2 amide bonds. The molecule has 0 aromatic heterocycles. The maximum atomic E-state index is 13.3. The first-order valence-corrected chi connectivity index (χ1v) is 10.2. The number of amides is 2. The van der Waals surface area contributed by atoms with Crippen LogP contribution in [0.2, 0.25) is 0 Å². The van der Waals surface area contributed by atoms with E-state index in [1.165, 1.54) is 17.7 Å². The Morgan fingerprint density at radius 3 is 2.31 bits per heavy atom. The summed E-state index contributed by atoms with van der Waals surface area (Å²) in [4.78, 5) is 16.8. The van der Waals surface area contributed by atoms with E-state index < -0.39 is 0 Å². The average Bonchev–Trinajstić information content (AvgIpc) is 2.74. The van der Waals surface area contributed by atoms with Crippen molar-refractivity contribution < 1.29 is 9.18 Å². The second kappa shape index (κ2) is 11.8. The summed E-state index contributed by atoms with van der Waals surface area (Å²) in [5.74, 6) is -0.198. The van der Waals surface area contributed by atoms with Crippen LogP contribution in [0.1, 0.15) is 36.9 Å². The van der Waals surface area contributed by atoms with Crippen molar-refractivity contribution in [2.24, 2.45) is 0 Å². The van der Waals surface area contributed by atoms with E-state index in [4.69, 9.17) is 0 Å². The highest BCUT2D eigenvalue weighted by atomic mass is 35.5. The topological polar surface area (TPSA) is 35.6 Å². The van der Waals surface area contributed by atoms with Crippen LogP contribution in [0.3, 0.4) is 0 Å². The predicted octanol–water partition coefficient (Wildman–Crippen LogP) is 4.66. The summed E-state index contributed by atoms with van der Waals surface area (Å²) in [5, 5.41) is 3.03. The average molecular weight is 420 g/mol. The minimum atomic E-state index is -0.198. The molecular weight excluding hydrogens is 389 g/mol. The largest absolute Gasteiger partial charge is 0.338 e. The number of benzene rings is 2. The lowest BCUT2D eigenvalue weighted by atomic mass is 10.00. The van der Waals surface area contributed by atoms with Gasteiger partial charge in [0.15, 0.2) is 0 Å². The number of halogens is 2. The molecule has 1 N–H and O–H groups in total. The van der Waals surface area contributed by atoms with Gasteiger partial charge in [-0.2, -0.15) is 0 Å². The molecule has 0 saturated carbocycles. The van der Waals surface area contributed by atoms with Gasteiger partial charge < -0.3 is 10.2 Å². The number of hydrogen-bond donors (Lipinski definition) is 1. The molecule has 3 rings (SSSR count). The van der Waals surface area contributed by atoms with Gasteiger partial charge in [-0.1, -0.05) is 55.8 Å². The smallest absolute Gasteiger partial charge is 0.317 e. The summed E-state index contributed by atoms with van der Waals surface area (Å²) < 4.78 is 13.3. The van der Waals surface area contributed by atoms with Crippen molar-refractivity contribution in [3.8, 4) is 0 Å².